The van der Waals surface area contributed by atoms with Gasteiger partial charge in [0.15, 0.2) is 0 Å². The first-order valence-corrected chi connectivity index (χ1v) is 14.5. The van der Waals surface area contributed by atoms with Crippen LogP contribution in [-0.4, -0.2) is 65.6 Å². The fourth-order valence-corrected chi connectivity index (χ4v) is 6.21. The van der Waals surface area contributed by atoms with Gasteiger partial charge < -0.3 is 24.3 Å². The summed E-state index contributed by atoms with van der Waals surface area (Å²) in [6.45, 7) is 0.867. The molecule has 2 heterocycles. The van der Waals surface area contributed by atoms with Gasteiger partial charge in [0.2, 0.25) is 5.91 Å². The highest BCUT2D eigenvalue weighted by atomic mass is 19.3. The number of amides is 2. The number of rotatable bonds is 8. The van der Waals surface area contributed by atoms with Crippen molar-refractivity contribution >= 4 is 34.4 Å². The van der Waals surface area contributed by atoms with Gasteiger partial charge in [0.1, 0.15) is 5.82 Å². The first kappa shape index (κ1) is 30.6. The Morgan fingerprint density at radius 1 is 1.09 bits per heavy atom. The number of hydrogen-bond donors (Lipinski definition) is 1. The summed E-state index contributed by atoms with van der Waals surface area (Å²) in [5, 5.41) is 3.52. The highest BCUT2D eigenvalue weighted by molar-refractivity contribution is 6.13. The number of hydrogen-bond acceptors (Lipinski definition) is 5. The summed E-state index contributed by atoms with van der Waals surface area (Å²) >= 11 is 0. The number of aryl methyl sites for hydroxylation is 2. The molecule has 43 heavy (non-hydrogen) atoms. The lowest BCUT2D eigenvalue weighted by molar-refractivity contribution is -0.148. The van der Waals surface area contributed by atoms with E-state index in [0.717, 1.165) is 21.9 Å². The third-order valence-electron chi connectivity index (χ3n) is 8.55. The molecule has 1 aliphatic carbocycles. The second-order valence-electron chi connectivity index (χ2n) is 11.6. The van der Waals surface area contributed by atoms with Crippen molar-refractivity contribution in [1.29, 1.82) is 0 Å². The number of nitrogens with one attached hydrogen (secondary N) is 1. The van der Waals surface area contributed by atoms with E-state index < -0.39 is 49.0 Å². The Morgan fingerprint density at radius 3 is 2.53 bits per heavy atom. The molecule has 0 spiro atoms. The topological polar surface area (TPSA) is 89.9 Å². The number of carbonyl (C=O) groups is 3. The number of ether oxygens (including phenoxy) is 2. The van der Waals surface area contributed by atoms with Crippen LogP contribution in [0.25, 0.3) is 10.9 Å². The van der Waals surface area contributed by atoms with Crippen molar-refractivity contribution in [3.8, 4) is 0 Å². The van der Waals surface area contributed by atoms with E-state index in [9.17, 15) is 23.2 Å². The first-order chi connectivity index (χ1) is 20.5. The maximum Gasteiger partial charge on any atom is 0.308 e. The van der Waals surface area contributed by atoms with Crippen molar-refractivity contribution in [3.63, 3.8) is 0 Å². The number of para-hydroxylation sites is 1. The molecule has 1 N–H and O–H groups in total. The minimum Gasteiger partial charge on any atom is -0.469 e. The maximum absolute atomic E-state index is 15.2. The Balaban J connectivity index is 1.22. The Bertz CT molecular complexity index is 1530. The van der Waals surface area contributed by atoms with Crippen molar-refractivity contribution in [1.82, 2.24) is 9.47 Å². The molecule has 0 radical (unpaired) electrons. The van der Waals surface area contributed by atoms with Crippen LogP contribution in [0.1, 0.15) is 53.6 Å². The zero-order valence-corrected chi connectivity index (χ0v) is 24.5. The summed E-state index contributed by atoms with van der Waals surface area (Å²) in [7, 11) is 3.18. The van der Waals surface area contributed by atoms with E-state index in [-0.39, 0.29) is 35.8 Å². The maximum atomic E-state index is 15.2. The fraction of sp³-hybridized carbons (Fsp3) is 0.469. The number of anilines is 1. The number of aromatic nitrogens is 1. The van der Waals surface area contributed by atoms with Gasteiger partial charge in [0.25, 0.3) is 11.8 Å². The van der Waals surface area contributed by atoms with E-state index in [0.29, 0.717) is 36.8 Å². The molecule has 2 aromatic carbocycles. The van der Waals surface area contributed by atoms with Crippen molar-refractivity contribution < 1.29 is 37.0 Å². The number of esters is 1. The molecule has 1 aliphatic heterocycles. The molecule has 1 aromatic heterocycles. The van der Waals surface area contributed by atoms with Gasteiger partial charge in [-0.05, 0) is 55.9 Å². The van der Waals surface area contributed by atoms with Crippen LogP contribution in [0.5, 0.6) is 0 Å². The van der Waals surface area contributed by atoms with E-state index in [1.54, 1.807) is 13.1 Å². The summed E-state index contributed by atoms with van der Waals surface area (Å²) in [6, 6.07) is 9.22. The fourth-order valence-electron chi connectivity index (χ4n) is 6.21. The quantitative estimate of drug-likeness (QED) is 0.350. The number of carbonyl (C=O) groups excluding carboxylic acids is 3. The molecule has 0 unspecified atom stereocenters. The van der Waals surface area contributed by atoms with Crippen LogP contribution in [0.2, 0.25) is 0 Å². The zero-order valence-electron chi connectivity index (χ0n) is 24.5. The molecule has 1 atom stereocenters. The molecule has 1 saturated heterocycles. The molecule has 0 bridgehead atoms. The molecule has 8 nitrogen and oxygen atoms in total. The first-order valence-electron chi connectivity index (χ1n) is 14.5. The minimum atomic E-state index is -3.07. The molecule has 2 amide bonds. The van der Waals surface area contributed by atoms with Gasteiger partial charge in [0, 0.05) is 36.3 Å². The summed E-state index contributed by atoms with van der Waals surface area (Å²) in [6.07, 6.45) is 2.98. The van der Waals surface area contributed by atoms with Crippen LogP contribution in [0.3, 0.4) is 0 Å². The highest BCUT2D eigenvalue weighted by Crippen LogP contribution is 2.34. The number of fused-ring (bicyclic) bond motifs is 1. The Labute approximate surface area is 248 Å². The summed E-state index contributed by atoms with van der Waals surface area (Å²) in [5.74, 6) is -5.25. The third kappa shape index (κ3) is 6.71. The lowest BCUT2D eigenvalue weighted by Crippen LogP contribution is -2.41. The number of likely N-dealkylation sites (tertiary alicyclic amines) is 1. The second-order valence-corrected chi connectivity index (χ2v) is 11.6. The predicted molar refractivity (Wildman–Crippen MR) is 154 cm³/mol. The Morgan fingerprint density at radius 2 is 1.81 bits per heavy atom. The van der Waals surface area contributed by atoms with E-state index in [2.05, 4.69) is 5.32 Å². The number of benzene rings is 2. The van der Waals surface area contributed by atoms with Crippen LogP contribution in [0, 0.1) is 18.7 Å². The van der Waals surface area contributed by atoms with Crippen LogP contribution in [0.4, 0.5) is 18.9 Å². The Hall–Kier alpha value is -3.86. The van der Waals surface area contributed by atoms with Gasteiger partial charge in [-0.2, -0.15) is 0 Å². The van der Waals surface area contributed by atoms with E-state index >= 15 is 4.39 Å². The number of methoxy groups -OCH3 is 1. The minimum absolute atomic E-state index is 0.0571. The molecule has 2 aliphatic rings. The summed E-state index contributed by atoms with van der Waals surface area (Å²) in [4.78, 5) is 39.1. The van der Waals surface area contributed by atoms with Crippen LogP contribution < -0.4 is 5.32 Å². The largest absolute Gasteiger partial charge is 0.469 e. The van der Waals surface area contributed by atoms with Gasteiger partial charge in [-0.25, -0.2) is 13.2 Å². The SMILES string of the molecule is COC(=O)C1CCC(OC[C@@H]2CC(F)(F)CN2C(=O)Cc2cc(C)c(NC(=O)c3cn(C)c4ccccc34)cc2F)CC1. The van der Waals surface area contributed by atoms with Gasteiger partial charge >= 0.3 is 5.97 Å². The van der Waals surface area contributed by atoms with Crippen LogP contribution in [-0.2, 0) is 32.5 Å². The molecular formula is C32H36F3N3O5. The normalized spacial score (nSPS) is 21.6. The molecule has 5 rings (SSSR count). The number of halogens is 3. The van der Waals surface area contributed by atoms with Gasteiger partial charge in [-0.3, -0.25) is 14.4 Å². The Kier molecular flexibility index (Phi) is 8.82. The van der Waals surface area contributed by atoms with Crippen LogP contribution in [0.15, 0.2) is 42.6 Å². The zero-order chi connectivity index (χ0) is 30.9. The van der Waals surface area contributed by atoms with E-state index in [1.807, 2.05) is 35.9 Å². The summed E-state index contributed by atoms with van der Waals surface area (Å²) in [5.41, 5.74) is 2.17. The van der Waals surface area contributed by atoms with Crippen molar-refractivity contribution in [2.45, 2.75) is 63.5 Å². The van der Waals surface area contributed by atoms with Gasteiger partial charge in [-0.15, -0.1) is 0 Å². The standard InChI is InChI=1S/C32H36F3N3O5/c1-19-12-21(26(33)14-27(19)36-30(40)25-16-37(2)28-7-5-4-6-24(25)28)13-29(39)38-18-32(34,35)15-22(38)17-43-23-10-8-20(9-11-23)31(41)42-3/h4-7,12,14,16,20,22-23H,8-11,13,15,17-18H2,1-3H3,(H,36,40)/t20?,22-,23?/m0/s1. The molecule has 3 aromatic rings. The van der Waals surface area contributed by atoms with E-state index in [4.69, 9.17) is 9.47 Å². The predicted octanol–water partition coefficient (Wildman–Crippen LogP) is 5.41. The van der Waals surface area contributed by atoms with Crippen LogP contribution >= 0.6 is 0 Å². The van der Waals surface area contributed by atoms with Crippen molar-refractivity contribution in [2.24, 2.45) is 13.0 Å². The molecule has 2 fully saturated rings. The van der Waals surface area contributed by atoms with Gasteiger partial charge in [-0.1, -0.05) is 24.3 Å². The second kappa shape index (κ2) is 12.4. The average molecular weight is 600 g/mol. The van der Waals surface area contributed by atoms with E-state index in [1.165, 1.54) is 13.2 Å². The third-order valence-corrected chi connectivity index (χ3v) is 8.55. The lowest BCUT2D eigenvalue weighted by Gasteiger charge is -2.30. The highest BCUT2D eigenvalue weighted by Gasteiger charge is 2.47. The van der Waals surface area contributed by atoms with Gasteiger partial charge in [0.05, 0.1) is 50.3 Å². The van der Waals surface area contributed by atoms with Crippen molar-refractivity contribution in [2.75, 3.05) is 25.6 Å². The smallest absolute Gasteiger partial charge is 0.308 e. The monoisotopic (exact) mass is 599 g/mol. The van der Waals surface area contributed by atoms with Crippen molar-refractivity contribution in [3.05, 3.63) is 65.1 Å². The number of nitrogens with zero attached hydrogens (tertiary/aromatic N) is 2. The lowest BCUT2D eigenvalue weighted by atomic mass is 9.87. The molecule has 230 valence electrons. The number of alkyl halides is 2. The average Bonchev–Trinajstić information content (AvgIpc) is 3.49. The molecule has 1 saturated carbocycles. The summed E-state index contributed by atoms with van der Waals surface area (Å²) < 4.78 is 56.6. The molecule has 11 heteroatoms. The molecular weight excluding hydrogens is 563 g/mol.